The number of hydrogen-bond donors (Lipinski definition) is 1. The molecule has 2 aromatic rings. The zero-order valence-corrected chi connectivity index (χ0v) is 14.3. The van der Waals surface area contributed by atoms with Crippen molar-refractivity contribution in [1.29, 1.82) is 0 Å². The van der Waals surface area contributed by atoms with Gasteiger partial charge in [0.2, 0.25) is 10.0 Å². The molecule has 0 unspecified atom stereocenters. The summed E-state index contributed by atoms with van der Waals surface area (Å²) in [6, 6.07) is 7.89. The number of fused-ring (bicyclic) bond motifs is 1. The molecule has 1 saturated heterocycles. The largest absolute Gasteiger partial charge is 0.381 e. The minimum atomic E-state index is -3.28. The Morgan fingerprint density at radius 2 is 2.05 bits per heavy atom. The lowest BCUT2D eigenvalue weighted by molar-refractivity contribution is 0.0723. The van der Waals surface area contributed by atoms with E-state index in [1.165, 1.54) is 4.70 Å². The molecule has 0 aliphatic carbocycles. The van der Waals surface area contributed by atoms with Crippen LogP contribution in [0, 0.1) is 5.92 Å². The van der Waals surface area contributed by atoms with Crippen molar-refractivity contribution < 1.29 is 13.2 Å². The van der Waals surface area contributed by atoms with Crippen molar-refractivity contribution in [3.63, 3.8) is 0 Å². The average Bonchev–Trinajstić information content (AvgIpc) is 2.91. The predicted molar refractivity (Wildman–Crippen MR) is 90.7 cm³/mol. The molecule has 1 aromatic heterocycles. The van der Waals surface area contributed by atoms with E-state index in [1.54, 1.807) is 11.3 Å². The number of sulfonamides is 1. The first kappa shape index (κ1) is 15.9. The molecule has 0 bridgehead atoms. The molecular formula is C16H21NO3S2. The quantitative estimate of drug-likeness (QED) is 0.909. The third kappa shape index (κ3) is 3.68. The van der Waals surface area contributed by atoms with Gasteiger partial charge in [-0.3, -0.25) is 0 Å². The van der Waals surface area contributed by atoms with Crippen LogP contribution >= 0.6 is 11.3 Å². The molecule has 1 aliphatic rings. The summed E-state index contributed by atoms with van der Waals surface area (Å²) >= 11 is 1.65. The Morgan fingerprint density at radius 3 is 2.82 bits per heavy atom. The van der Waals surface area contributed by atoms with E-state index in [1.807, 2.05) is 30.5 Å². The molecule has 3 rings (SSSR count). The molecule has 0 radical (unpaired) electrons. The zero-order chi connectivity index (χ0) is 15.6. The monoisotopic (exact) mass is 339 g/mol. The zero-order valence-electron chi connectivity index (χ0n) is 12.6. The Hall–Kier alpha value is -0.950. The predicted octanol–water partition coefficient (Wildman–Crippen LogP) is 3.31. The highest BCUT2D eigenvalue weighted by Crippen LogP contribution is 2.30. The van der Waals surface area contributed by atoms with Gasteiger partial charge in [-0.15, -0.1) is 11.3 Å². The molecule has 0 amide bonds. The Kier molecular flexibility index (Phi) is 4.82. The van der Waals surface area contributed by atoms with Crippen molar-refractivity contribution >= 4 is 31.4 Å². The molecule has 120 valence electrons. The number of benzene rings is 1. The Bertz CT molecular complexity index is 733. The molecule has 0 saturated carbocycles. The smallest absolute Gasteiger partial charge is 0.212 e. The van der Waals surface area contributed by atoms with Gasteiger partial charge in [-0.2, -0.15) is 0 Å². The van der Waals surface area contributed by atoms with Crippen LogP contribution in [0.2, 0.25) is 0 Å². The Labute approximate surface area is 135 Å². The highest BCUT2D eigenvalue weighted by Gasteiger charge is 2.24. The standard InChI is InChI=1S/C16H21NO3S2/c1-12(15-10-21-16-5-3-2-4-14(15)16)17-22(18,19)11-13-6-8-20-9-7-13/h2-5,10,12-13,17H,6-9,11H2,1H3/t12-/m0/s1. The van der Waals surface area contributed by atoms with E-state index in [4.69, 9.17) is 4.74 Å². The molecule has 1 atom stereocenters. The van der Waals surface area contributed by atoms with E-state index in [0.717, 1.165) is 23.8 Å². The molecule has 2 heterocycles. The van der Waals surface area contributed by atoms with Crippen molar-refractivity contribution in [3.8, 4) is 0 Å². The minimum absolute atomic E-state index is 0.197. The third-order valence-corrected chi connectivity index (χ3v) is 6.73. The van der Waals surface area contributed by atoms with Crippen molar-refractivity contribution in [1.82, 2.24) is 4.72 Å². The highest BCUT2D eigenvalue weighted by molar-refractivity contribution is 7.89. The normalized spacial score (nSPS) is 18.6. The molecular weight excluding hydrogens is 318 g/mol. The maximum absolute atomic E-state index is 12.4. The molecule has 1 N–H and O–H groups in total. The molecule has 0 spiro atoms. The van der Waals surface area contributed by atoms with Crippen LogP contribution in [-0.4, -0.2) is 27.4 Å². The van der Waals surface area contributed by atoms with E-state index in [2.05, 4.69) is 10.8 Å². The summed E-state index contributed by atoms with van der Waals surface area (Å²) in [5, 5.41) is 3.18. The SMILES string of the molecule is C[C@H](NS(=O)(=O)CC1CCOCC1)c1csc2ccccc12. The fourth-order valence-electron chi connectivity index (χ4n) is 2.94. The van der Waals surface area contributed by atoms with Gasteiger partial charge in [-0.05, 0) is 48.1 Å². The number of ether oxygens (including phenoxy) is 1. The van der Waals surface area contributed by atoms with Gasteiger partial charge in [0.15, 0.2) is 0 Å². The average molecular weight is 339 g/mol. The topological polar surface area (TPSA) is 55.4 Å². The van der Waals surface area contributed by atoms with Gasteiger partial charge in [0, 0.05) is 24.0 Å². The first-order chi connectivity index (χ1) is 10.6. The minimum Gasteiger partial charge on any atom is -0.381 e. The van der Waals surface area contributed by atoms with Crippen LogP contribution in [-0.2, 0) is 14.8 Å². The van der Waals surface area contributed by atoms with Gasteiger partial charge in [0.1, 0.15) is 0 Å². The number of thiophene rings is 1. The van der Waals surface area contributed by atoms with Crippen molar-refractivity contribution in [3.05, 3.63) is 35.2 Å². The first-order valence-corrected chi connectivity index (χ1v) is 10.1. The van der Waals surface area contributed by atoms with Crippen LogP contribution in [0.15, 0.2) is 29.6 Å². The van der Waals surface area contributed by atoms with E-state index < -0.39 is 10.0 Å². The molecule has 6 heteroatoms. The summed E-state index contributed by atoms with van der Waals surface area (Å²) in [7, 11) is -3.28. The summed E-state index contributed by atoms with van der Waals surface area (Å²) in [5.41, 5.74) is 1.05. The third-order valence-electron chi connectivity index (χ3n) is 4.13. The van der Waals surface area contributed by atoms with Crippen molar-refractivity contribution in [2.24, 2.45) is 5.92 Å². The van der Waals surface area contributed by atoms with E-state index in [0.29, 0.717) is 13.2 Å². The Morgan fingerprint density at radius 1 is 1.32 bits per heavy atom. The van der Waals surface area contributed by atoms with Crippen LogP contribution < -0.4 is 4.72 Å². The van der Waals surface area contributed by atoms with E-state index in [9.17, 15) is 8.42 Å². The number of hydrogen-bond acceptors (Lipinski definition) is 4. The van der Waals surface area contributed by atoms with Gasteiger partial charge in [0.05, 0.1) is 5.75 Å². The first-order valence-electron chi connectivity index (χ1n) is 7.59. The van der Waals surface area contributed by atoms with Crippen LogP contribution in [0.25, 0.3) is 10.1 Å². The van der Waals surface area contributed by atoms with Crippen LogP contribution in [0.3, 0.4) is 0 Å². The molecule has 1 aliphatic heterocycles. The number of rotatable bonds is 5. The van der Waals surface area contributed by atoms with Crippen molar-refractivity contribution in [2.45, 2.75) is 25.8 Å². The van der Waals surface area contributed by atoms with Crippen LogP contribution in [0.5, 0.6) is 0 Å². The van der Waals surface area contributed by atoms with Crippen molar-refractivity contribution in [2.75, 3.05) is 19.0 Å². The molecule has 1 fully saturated rings. The fraction of sp³-hybridized carbons (Fsp3) is 0.500. The molecule has 1 aromatic carbocycles. The Balaban J connectivity index is 1.71. The lowest BCUT2D eigenvalue weighted by atomic mass is 10.0. The summed E-state index contributed by atoms with van der Waals surface area (Å²) in [6.45, 7) is 3.26. The maximum Gasteiger partial charge on any atom is 0.212 e. The lowest BCUT2D eigenvalue weighted by Crippen LogP contribution is -2.33. The highest BCUT2D eigenvalue weighted by atomic mass is 32.2. The van der Waals surface area contributed by atoms with Gasteiger partial charge in [-0.25, -0.2) is 13.1 Å². The second kappa shape index (κ2) is 6.66. The fourth-order valence-corrected chi connectivity index (χ4v) is 5.71. The summed E-state index contributed by atoms with van der Waals surface area (Å²) < 4.78 is 34.1. The van der Waals surface area contributed by atoms with Gasteiger partial charge in [-0.1, -0.05) is 18.2 Å². The van der Waals surface area contributed by atoms with E-state index in [-0.39, 0.29) is 17.7 Å². The second-order valence-electron chi connectivity index (χ2n) is 5.86. The van der Waals surface area contributed by atoms with Gasteiger partial charge < -0.3 is 4.74 Å². The summed E-state index contributed by atoms with van der Waals surface area (Å²) in [4.78, 5) is 0. The molecule has 22 heavy (non-hydrogen) atoms. The van der Waals surface area contributed by atoms with Crippen LogP contribution in [0.1, 0.15) is 31.4 Å². The van der Waals surface area contributed by atoms with Gasteiger partial charge >= 0.3 is 0 Å². The summed E-state index contributed by atoms with van der Waals surface area (Å²) in [6.07, 6.45) is 1.66. The molecule has 4 nitrogen and oxygen atoms in total. The lowest BCUT2D eigenvalue weighted by Gasteiger charge is -2.23. The second-order valence-corrected chi connectivity index (χ2v) is 8.57. The van der Waals surface area contributed by atoms with Gasteiger partial charge in [0.25, 0.3) is 0 Å². The number of nitrogens with one attached hydrogen (secondary N) is 1. The maximum atomic E-state index is 12.4. The van der Waals surface area contributed by atoms with E-state index >= 15 is 0 Å². The summed E-state index contributed by atoms with van der Waals surface area (Å²) in [5.74, 6) is 0.403. The van der Waals surface area contributed by atoms with Crippen LogP contribution in [0.4, 0.5) is 0 Å².